The van der Waals surface area contributed by atoms with Crippen LogP contribution in [0.5, 0.6) is 11.5 Å². The fourth-order valence-electron chi connectivity index (χ4n) is 2.89. The van der Waals surface area contributed by atoms with Crippen molar-refractivity contribution >= 4 is 17.5 Å². The summed E-state index contributed by atoms with van der Waals surface area (Å²) in [7, 11) is 1.25. The number of methoxy groups -OCH3 is 1. The van der Waals surface area contributed by atoms with Crippen LogP contribution in [0, 0.1) is 35.3 Å². The second kappa shape index (κ2) is 8.22. The van der Waals surface area contributed by atoms with Crippen molar-refractivity contribution in [3.8, 4) is 17.6 Å². The van der Waals surface area contributed by atoms with Gasteiger partial charge in [-0.05, 0) is 37.6 Å². The van der Waals surface area contributed by atoms with Crippen molar-refractivity contribution in [2.45, 2.75) is 20.4 Å². The van der Waals surface area contributed by atoms with Crippen molar-refractivity contribution in [3.05, 3.63) is 69.1 Å². The minimum atomic E-state index is -0.772. The number of hydrogen-bond donors (Lipinski definition) is 1. The molecule has 0 saturated carbocycles. The number of aryl methyl sites for hydroxylation is 1. The average molecular weight is 381 g/mol. The Morgan fingerprint density at radius 3 is 2.64 bits per heavy atom. The number of ketones is 1. The molecule has 1 aromatic carbocycles. The van der Waals surface area contributed by atoms with Crippen LogP contribution in [0.4, 0.5) is 5.69 Å². The zero-order valence-corrected chi connectivity index (χ0v) is 15.7. The van der Waals surface area contributed by atoms with E-state index in [1.165, 1.54) is 19.3 Å². The lowest BCUT2D eigenvalue weighted by molar-refractivity contribution is -0.386. The molecule has 1 N–H and O–H groups in total. The first-order valence-electron chi connectivity index (χ1n) is 8.24. The standard InChI is InChI=1S/C20H19N3O5/c1-5-6-22-12(2)7-16(13(22)3)19(24)15(11-21)8-14-9-17(23(26)27)20(25)18(10-14)28-4/h5,7-10,25H,1,6H2,2-4H3/b15-8+. The van der Waals surface area contributed by atoms with Gasteiger partial charge in [0.05, 0.1) is 12.0 Å². The van der Waals surface area contributed by atoms with Gasteiger partial charge in [0, 0.05) is 29.6 Å². The molecule has 0 fully saturated rings. The van der Waals surface area contributed by atoms with Crippen molar-refractivity contribution in [3.63, 3.8) is 0 Å². The number of phenols is 1. The molecule has 0 aliphatic heterocycles. The third-order valence-corrected chi connectivity index (χ3v) is 4.30. The van der Waals surface area contributed by atoms with Crippen LogP contribution in [0.15, 0.2) is 36.4 Å². The number of nitro benzene ring substituents is 1. The van der Waals surface area contributed by atoms with Crippen LogP contribution >= 0.6 is 0 Å². The zero-order valence-electron chi connectivity index (χ0n) is 15.7. The van der Waals surface area contributed by atoms with Gasteiger partial charge in [0.25, 0.3) is 0 Å². The number of allylic oxidation sites excluding steroid dienone is 2. The predicted molar refractivity (Wildman–Crippen MR) is 103 cm³/mol. The van der Waals surface area contributed by atoms with E-state index >= 15 is 0 Å². The van der Waals surface area contributed by atoms with Crippen molar-refractivity contribution in [2.75, 3.05) is 7.11 Å². The van der Waals surface area contributed by atoms with Gasteiger partial charge in [-0.15, -0.1) is 6.58 Å². The molecule has 0 spiro atoms. The van der Waals surface area contributed by atoms with E-state index in [2.05, 4.69) is 6.58 Å². The van der Waals surface area contributed by atoms with Gasteiger partial charge in [0.2, 0.25) is 11.5 Å². The summed E-state index contributed by atoms with van der Waals surface area (Å²) < 4.78 is 6.83. The molecule has 0 amide bonds. The van der Waals surface area contributed by atoms with E-state index in [0.717, 1.165) is 11.8 Å². The molecular formula is C20H19N3O5. The molecule has 0 aliphatic rings. The summed E-state index contributed by atoms with van der Waals surface area (Å²) in [5.74, 6) is -1.25. The first-order chi connectivity index (χ1) is 13.2. The van der Waals surface area contributed by atoms with Gasteiger partial charge in [0.15, 0.2) is 5.75 Å². The number of carbonyl (C=O) groups excluding carboxylic acids is 1. The van der Waals surface area contributed by atoms with Crippen LogP contribution in [0.1, 0.15) is 27.3 Å². The number of nitrogens with zero attached hydrogens (tertiary/aromatic N) is 3. The fourth-order valence-corrected chi connectivity index (χ4v) is 2.89. The molecule has 0 aliphatic carbocycles. The van der Waals surface area contributed by atoms with Crippen LogP contribution in [-0.2, 0) is 6.54 Å². The Morgan fingerprint density at radius 2 is 2.11 bits per heavy atom. The zero-order chi connectivity index (χ0) is 21.0. The highest BCUT2D eigenvalue weighted by atomic mass is 16.6. The highest BCUT2D eigenvalue weighted by Gasteiger charge is 2.22. The molecule has 8 heteroatoms. The molecule has 144 valence electrons. The molecule has 0 atom stereocenters. The molecule has 1 heterocycles. The smallest absolute Gasteiger partial charge is 0.315 e. The van der Waals surface area contributed by atoms with E-state index in [9.17, 15) is 25.3 Å². The molecule has 0 saturated heterocycles. The summed E-state index contributed by atoms with van der Waals surface area (Å²) in [6.45, 7) is 7.83. The van der Waals surface area contributed by atoms with Gasteiger partial charge in [-0.3, -0.25) is 14.9 Å². The van der Waals surface area contributed by atoms with Gasteiger partial charge >= 0.3 is 5.69 Å². The summed E-state index contributed by atoms with van der Waals surface area (Å²) in [5.41, 5.74) is 1.32. The normalized spacial score (nSPS) is 11.0. The van der Waals surface area contributed by atoms with Crippen molar-refractivity contribution < 1.29 is 19.6 Å². The van der Waals surface area contributed by atoms with E-state index in [0.29, 0.717) is 17.8 Å². The van der Waals surface area contributed by atoms with E-state index < -0.39 is 22.1 Å². The number of aromatic hydroxyl groups is 1. The van der Waals surface area contributed by atoms with E-state index in [1.54, 1.807) is 19.1 Å². The Morgan fingerprint density at radius 1 is 1.43 bits per heavy atom. The molecule has 0 bridgehead atoms. The number of ether oxygens (including phenoxy) is 1. The van der Waals surface area contributed by atoms with Crippen LogP contribution in [0.2, 0.25) is 0 Å². The second-order valence-corrected chi connectivity index (χ2v) is 6.03. The Kier molecular flexibility index (Phi) is 6.01. The number of carbonyl (C=O) groups is 1. The maximum absolute atomic E-state index is 12.9. The Bertz CT molecular complexity index is 1040. The van der Waals surface area contributed by atoms with Crippen molar-refractivity contribution in [2.24, 2.45) is 0 Å². The molecule has 8 nitrogen and oxygen atoms in total. The molecular weight excluding hydrogens is 362 g/mol. The maximum atomic E-state index is 12.9. The number of benzene rings is 1. The SMILES string of the molecule is C=CCn1c(C)cc(C(=O)/C(C#N)=C/c2cc(OC)c(O)c([N+](=O)[O-])c2)c1C. The highest BCUT2D eigenvalue weighted by molar-refractivity contribution is 6.14. The number of phenolic OH excluding ortho intramolecular Hbond substituents is 1. The van der Waals surface area contributed by atoms with E-state index in [4.69, 9.17) is 4.74 Å². The third kappa shape index (κ3) is 3.78. The van der Waals surface area contributed by atoms with Crippen LogP contribution in [0.3, 0.4) is 0 Å². The van der Waals surface area contributed by atoms with E-state index in [1.807, 2.05) is 17.6 Å². The van der Waals surface area contributed by atoms with Gasteiger partial charge in [0.1, 0.15) is 11.6 Å². The molecule has 28 heavy (non-hydrogen) atoms. The van der Waals surface area contributed by atoms with Gasteiger partial charge < -0.3 is 14.4 Å². The first kappa shape index (κ1) is 20.5. The highest BCUT2D eigenvalue weighted by Crippen LogP contribution is 2.37. The lowest BCUT2D eigenvalue weighted by Crippen LogP contribution is -2.06. The Labute approximate surface area is 161 Å². The second-order valence-electron chi connectivity index (χ2n) is 6.03. The average Bonchev–Trinajstić information content (AvgIpc) is 2.94. The summed E-state index contributed by atoms with van der Waals surface area (Å²) in [5, 5.41) is 30.5. The minimum absolute atomic E-state index is 0.130. The number of nitro groups is 1. The van der Waals surface area contributed by atoms with E-state index in [-0.39, 0.29) is 16.9 Å². The first-order valence-corrected chi connectivity index (χ1v) is 8.24. The fraction of sp³-hybridized carbons (Fsp3) is 0.200. The summed E-state index contributed by atoms with van der Waals surface area (Å²) in [6.07, 6.45) is 2.94. The molecule has 0 unspecified atom stereocenters. The minimum Gasteiger partial charge on any atom is -0.500 e. The number of hydrogen-bond acceptors (Lipinski definition) is 6. The molecule has 0 radical (unpaired) electrons. The van der Waals surface area contributed by atoms with Gasteiger partial charge in [-0.2, -0.15) is 5.26 Å². The molecule has 2 aromatic rings. The quantitative estimate of drug-likeness (QED) is 0.195. The third-order valence-electron chi connectivity index (χ3n) is 4.30. The van der Waals surface area contributed by atoms with Crippen molar-refractivity contribution in [1.29, 1.82) is 5.26 Å². The Balaban J connectivity index is 2.56. The molecule has 1 aromatic heterocycles. The van der Waals surface area contributed by atoms with Crippen LogP contribution in [-0.4, -0.2) is 27.5 Å². The number of aromatic nitrogens is 1. The summed E-state index contributed by atoms with van der Waals surface area (Å²) >= 11 is 0. The lowest BCUT2D eigenvalue weighted by Gasteiger charge is -2.07. The molecule has 2 rings (SSSR count). The van der Waals surface area contributed by atoms with Gasteiger partial charge in [-0.25, -0.2) is 0 Å². The van der Waals surface area contributed by atoms with Crippen molar-refractivity contribution in [1.82, 2.24) is 4.57 Å². The predicted octanol–water partition coefficient (Wildman–Crippen LogP) is 3.70. The number of nitriles is 1. The maximum Gasteiger partial charge on any atom is 0.315 e. The van der Waals surface area contributed by atoms with Crippen LogP contribution < -0.4 is 4.74 Å². The summed E-state index contributed by atoms with van der Waals surface area (Å²) in [6, 6.07) is 5.92. The van der Waals surface area contributed by atoms with Crippen LogP contribution in [0.25, 0.3) is 6.08 Å². The summed E-state index contributed by atoms with van der Waals surface area (Å²) in [4.78, 5) is 23.2. The van der Waals surface area contributed by atoms with Gasteiger partial charge in [-0.1, -0.05) is 6.08 Å². The largest absolute Gasteiger partial charge is 0.500 e. The number of Topliss-reactive ketones (excluding diaryl/α,β-unsaturated/α-hetero) is 1. The lowest BCUT2D eigenvalue weighted by atomic mass is 10.0. The Hall–Kier alpha value is -3.86. The topological polar surface area (TPSA) is 118 Å². The number of rotatable bonds is 7. The monoisotopic (exact) mass is 381 g/mol.